The van der Waals surface area contributed by atoms with Crippen molar-refractivity contribution in [3.8, 4) is 5.75 Å². The van der Waals surface area contributed by atoms with Crippen molar-refractivity contribution in [1.29, 1.82) is 0 Å². The molecule has 1 heterocycles. The van der Waals surface area contributed by atoms with Gasteiger partial charge < -0.3 is 10.5 Å². The molecule has 0 aliphatic rings. The fraction of sp³-hybridized carbons (Fsp3) is 0.294. The van der Waals surface area contributed by atoms with Crippen LogP contribution in [0.1, 0.15) is 46.7 Å². The molecular formula is C17H19F3N2O2S. The number of primary amides is 1. The molecule has 0 unspecified atom stereocenters. The van der Waals surface area contributed by atoms with Crippen LogP contribution in [0, 0.1) is 18.6 Å². The Kier molecular flexibility index (Phi) is 7.63. The van der Waals surface area contributed by atoms with Crippen LogP contribution in [-0.2, 0) is 6.61 Å². The highest BCUT2D eigenvalue weighted by molar-refractivity contribution is 7.11. The van der Waals surface area contributed by atoms with Crippen LogP contribution >= 0.6 is 11.3 Å². The first kappa shape index (κ1) is 20.7. The molecule has 0 saturated carbocycles. The number of aryl methyl sites for hydroxylation is 1. The predicted octanol–water partition coefficient (Wildman–Crippen LogP) is 4.76. The molecule has 8 heteroatoms. The number of carbonyl (C=O) groups is 1. The summed E-state index contributed by atoms with van der Waals surface area (Å²) in [5.41, 5.74) is 4.55. The van der Waals surface area contributed by atoms with Crippen molar-refractivity contribution in [1.82, 2.24) is 4.98 Å². The van der Waals surface area contributed by atoms with Crippen molar-refractivity contribution >= 4 is 23.3 Å². The smallest absolute Gasteiger partial charge is 0.254 e. The van der Waals surface area contributed by atoms with Crippen LogP contribution in [0.15, 0.2) is 18.0 Å². The summed E-state index contributed by atoms with van der Waals surface area (Å²) in [6.45, 7) is 6.96. The van der Waals surface area contributed by atoms with Crippen LogP contribution in [0.4, 0.5) is 13.2 Å². The number of ether oxygens (including phenoxy) is 1. The number of amides is 1. The zero-order valence-electron chi connectivity index (χ0n) is 14.3. The van der Waals surface area contributed by atoms with Crippen LogP contribution in [-0.4, -0.2) is 10.9 Å². The lowest BCUT2D eigenvalue weighted by Crippen LogP contribution is -2.16. The maximum atomic E-state index is 14.0. The van der Waals surface area contributed by atoms with Gasteiger partial charge in [0.1, 0.15) is 23.0 Å². The minimum atomic E-state index is -1.22. The number of allylic oxidation sites excluding steroid dienone is 1. The van der Waals surface area contributed by atoms with E-state index < -0.39 is 23.1 Å². The fourth-order valence-corrected chi connectivity index (χ4v) is 2.68. The molecule has 0 aliphatic heterocycles. The Morgan fingerprint density at radius 2 is 2.00 bits per heavy atom. The van der Waals surface area contributed by atoms with Crippen molar-refractivity contribution in [3.63, 3.8) is 0 Å². The molecule has 0 atom stereocenters. The number of nitrogens with two attached hydrogens (primary N) is 1. The van der Waals surface area contributed by atoms with Gasteiger partial charge in [-0.25, -0.2) is 18.2 Å². The maximum absolute atomic E-state index is 14.0. The summed E-state index contributed by atoms with van der Waals surface area (Å²) in [6, 6.07) is 1.95. The molecule has 2 aromatic rings. The summed E-state index contributed by atoms with van der Waals surface area (Å²) >= 11 is 1.26. The average Bonchev–Trinajstić information content (AvgIpc) is 2.87. The van der Waals surface area contributed by atoms with Crippen LogP contribution in [0.3, 0.4) is 0 Å². The van der Waals surface area contributed by atoms with E-state index >= 15 is 0 Å². The number of halogens is 3. The molecule has 0 spiro atoms. The predicted molar refractivity (Wildman–Crippen MR) is 92.2 cm³/mol. The number of nitrogens with zero attached hydrogens (tertiary/aromatic N) is 1. The number of benzene rings is 1. The second-order valence-corrected chi connectivity index (χ2v) is 5.96. The molecule has 25 heavy (non-hydrogen) atoms. The Balaban J connectivity index is 0.00000151. The molecule has 0 radical (unpaired) electrons. The first-order chi connectivity index (χ1) is 11.8. The molecule has 1 aromatic carbocycles. The second kappa shape index (κ2) is 9.22. The number of hydrogen-bond acceptors (Lipinski definition) is 4. The summed E-state index contributed by atoms with van der Waals surface area (Å²) in [4.78, 5) is 16.0. The van der Waals surface area contributed by atoms with Crippen molar-refractivity contribution in [2.24, 2.45) is 5.73 Å². The Hall–Kier alpha value is -2.35. The summed E-state index contributed by atoms with van der Waals surface area (Å²) in [5, 5.41) is 0.486. The van der Waals surface area contributed by atoms with Crippen LogP contribution in [0.25, 0.3) is 6.08 Å². The Morgan fingerprint density at radius 1 is 1.36 bits per heavy atom. The quantitative estimate of drug-likeness (QED) is 0.823. The summed E-state index contributed by atoms with van der Waals surface area (Å²) in [7, 11) is 0. The number of carbonyl (C=O) groups excluding carboxylic acids is 1. The van der Waals surface area contributed by atoms with E-state index in [0.29, 0.717) is 10.7 Å². The van der Waals surface area contributed by atoms with Crippen LogP contribution < -0.4 is 10.5 Å². The zero-order chi connectivity index (χ0) is 19.1. The number of rotatable bonds is 5. The highest BCUT2D eigenvalue weighted by Gasteiger charge is 2.19. The van der Waals surface area contributed by atoms with Gasteiger partial charge in [-0.2, -0.15) is 0 Å². The molecule has 0 aliphatic carbocycles. The highest BCUT2D eigenvalue weighted by atomic mass is 32.1. The van der Waals surface area contributed by atoms with Gasteiger partial charge >= 0.3 is 0 Å². The van der Waals surface area contributed by atoms with Crippen molar-refractivity contribution in [3.05, 3.63) is 50.7 Å². The molecule has 4 nitrogen and oxygen atoms in total. The summed E-state index contributed by atoms with van der Waals surface area (Å²) < 4.78 is 45.5. The van der Waals surface area contributed by atoms with Gasteiger partial charge in [0, 0.05) is 4.88 Å². The molecule has 1 aromatic heterocycles. The van der Waals surface area contributed by atoms with Gasteiger partial charge in [-0.05, 0) is 32.1 Å². The molecule has 136 valence electrons. The molecule has 1 amide bonds. The van der Waals surface area contributed by atoms with Gasteiger partial charge in [0.2, 0.25) is 0 Å². The van der Waals surface area contributed by atoms with Crippen molar-refractivity contribution in [2.45, 2.75) is 34.3 Å². The fourth-order valence-electron chi connectivity index (χ4n) is 1.86. The van der Waals surface area contributed by atoms with Gasteiger partial charge in [0.05, 0.1) is 11.5 Å². The third-order valence-corrected chi connectivity index (χ3v) is 3.83. The third-order valence-electron chi connectivity index (χ3n) is 2.87. The minimum absolute atomic E-state index is 0.106. The number of thiazole rings is 1. The molecule has 0 saturated heterocycles. The highest BCUT2D eigenvalue weighted by Crippen LogP contribution is 2.26. The van der Waals surface area contributed by atoms with E-state index in [1.54, 1.807) is 6.92 Å². The molecular weight excluding hydrogens is 353 g/mol. The lowest BCUT2D eigenvalue weighted by atomic mass is 10.2. The van der Waals surface area contributed by atoms with Gasteiger partial charge in [0.15, 0.2) is 11.6 Å². The van der Waals surface area contributed by atoms with Gasteiger partial charge in [0.25, 0.3) is 5.91 Å². The molecule has 0 fully saturated rings. The maximum Gasteiger partial charge on any atom is 0.254 e. The minimum Gasteiger partial charge on any atom is -0.483 e. The van der Waals surface area contributed by atoms with Crippen molar-refractivity contribution < 1.29 is 22.7 Å². The van der Waals surface area contributed by atoms with Crippen LogP contribution in [0.5, 0.6) is 5.75 Å². The van der Waals surface area contributed by atoms with Gasteiger partial charge in [-0.1, -0.05) is 13.8 Å². The Morgan fingerprint density at radius 3 is 2.56 bits per heavy atom. The average molecular weight is 372 g/mol. The lowest BCUT2D eigenvalue weighted by Gasteiger charge is -2.08. The van der Waals surface area contributed by atoms with E-state index in [1.165, 1.54) is 24.3 Å². The topological polar surface area (TPSA) is 65.2 Å². The Bertz CT molecular complexity index is 784. The normalized spacial score (nSPS) is 10.9. The van der Waals surface area contributed by atoms with E-state index in [0.717, 1.165) is 17.0 Å². The van der Waals surface area contributed by atoms with E-state index in [2.05, 4.69) is 4.98 Å². The van der Waals surface area contributed by atoms with Gasteiger partial charge in [-0.3, -0.25) is 4.79 Å². The molecule has 2 N–H and O–H groups in total. The van der Waals surface area contributed by atoms with Crippen LogP contribution in [0.2, 0.25) is 0 Å². The largest absolute Gasteiger partial charge is 0.483 e. The van der Waals surface area contributed by atoms with E-state index in [9.17, 15) is 18.0 Å². The lowest BCUT2D eigenvalue weighted by molar-refractivity contribution is 0.0991. The first-order valence-corrected chi connectivity index (χ1v) is 8.32. The summed E-state index contributed by atoms with van der Waals surface area (Å²) in [6.07, 6.45) is 1.28. The number of hydrogen-bond donors (Lipinski definition) is 1. The number of aromatic nitrogens is 1. The van der Waals surface area contributed by atoms with E-state index in [4.69, 9.17) is 10.5 Å². The monoisotopic (exact) mass is 372 g/mol. The zero-order valence-corrected chi connectivity index (χ0v) is 15.1. The SMILES string of the molecule is C/C(F)=C\c1nc(COc2ccc(F)c(C(N)=O)c2F)sc1C.CC. The second-order valence-electron chi connectivity index (χ2n) is 4.67. The standard InChI is InChI=1S/C15H13F3N2O2S.C2H6/c1-7(16)5-10-8(2)23-12(20-10)6-22-11-4-3-9(17)13(14(11)18)15(19)21;1-2/h3-5H,6H2,1-2H3,(H2,19,21);1-2H3/b7-5+;. The van der Waals surface area contributed by atoms with Crippen molar-refractivity contribution in [2.75, 3.05) is 0 Å². The van der Waals surface area contributed by atoms with E-state index in [1.807, 2.05) is 13.8 Å². The molecule has 2 rings (SSSR count). The Labute approximate surface area is 148 Å². The third kappa shape index (κ3) is 5.32. The molecule has 0 bridgehead atoms. The first-order valence-electron chi connectivity index (χ1n) is 7.50. The summed E-state index contributed by atoms with van der Waals surface area (Å²) in [5.74, 6) is -4.14. The van der Waals surface area contributed by atoms with E-state index in [-0.39, 0.29) is 18.2 Å². The van der Waals surface area contributed by atoms with Gasteiger partial charge in [-0.15, -0.1) is 11.3 Å².